The molecule has 1 N–H and O–H groups in total. The summed E-state index contributed by atoms with van der Waals surface area (Å²) in [7, 11) is 0.799. The Balaban J connectivity index is 2.53. The maximum absolute atomic E-state index is 13.0. The van der Waals surface area contributed by atoms with E-state index in [1.54, 1.807) is 14.0 Å². The van der Waals surface area contributed by atoms with Crippen molar-refractivity contribution < 1.29 is 17.9 Å². The van der Waals surface area contributed by atoms with Gasteiger partial charge in [-0.3, -0.25) is 9.48 Å². The molecule has 1 atom stereocenters. The summed E-state index contributed by atoms with van der Waals surface area (Å²) >= 11 is 0. The smallest absolute Gasteiger partial charge is 0.247 e. The van der Waals surface area contributed by atoms with Crippen LogP contribution in [0.4, 0.5) is 0 Å². The molecule has 1 aliphatic heterocycles. The summed E-state index contributed by atoms with van der Waals surface area (Å²) in [6.45, 7) is 1.94. The molecular weight excluding hydrogens is 308 g/mol. The summed E-state index contributed by atoms with van der Waals surface area (Å²) in [5, 5.41) is 6.65. The fourth-order valence-corrected chi connectivity index (χ4v) is 5.06. The number of hydrogen-bond acceptors (Lipinski definition) is 5. The molecule has 0 bridgehead atoms. The van der Waals surface area contributed by atoms with Gasteiger partial charge < -0.3 is 10.1 Å². The number of nitrogens with one attached hydrogen (secondary N) is 1. The number of nitrogens with zero attached hydrogens (tertiary/aromatic N) is 3. The van der Waals surface area contributed by atoms with Crippen LogP contribution in [-0.4, -0.2) is 61.3 Å². The van der Waals surface area contributed by atoms with Crippen LogP contribution in [0.1, 0.15) is 18.5 Å². The van der Waals surface area contributed by atoms with E-state index in [1.165, 1.54) is 29.3 Å². The predicted molar refractivity (Wildman–Crippen MR) is 79.7 cm³/mol. The highest BCUT2D eigenvalue weighted by Crippen LogP contribution is 2.36. The average molecular weight is 330 g/mol. The Morgan fingerprint density at radius 1 is 1.55 bits per heavy atom. The van der Waals surface area contributed by atoms with Gasteiger partial charge in [-0.1, -0.05) is 0 Å². The summed E-state index contributed by atoms with van der Waals surface area (Å²) in [6, 6.07) is 0. The maximum atomic E-state index is 13.0. The van der Waals surface area contributed by atoms with Gasteiger partial charge in [-0.05, 0) is 19.8 Å². The monoisotopic (exact) mass is 330 g/mol. The first-order chi connectivity index (χ1) is 10.3. The van der Waals surface area contributed by atoms with Gasteiger partial charge >= 0.3 is 0 Å². The zero-order chi connectivity index (χ0) is 16.5. The average Bonchev–Trinajstić information content (AvgIpc) is 3.03. The van der Waals surface area contributed by atoms with Gasteiger partial charge in [0.15, 0.2) is 0 Å². The van der Waals surface area contributed by atoms with Crippen molar-refractivity contribution in [2.75, 3.05) is 27.3 Å². The first-order valence-electron chi connectivity index (χ1n) is 7.04. The van der Waals surface area contributed by atoms with Crippen LogP contribution in [0.2, 0.25) is 0 Å². The molecule has 8 nitrogen and oxygen atoms in total. The Hall–Kier alpha value is -1.45. The topological polar surface area (TPSA) is 93.5 Å². The first-order valence-corrected chi connectivity index (χ1v) is 8.48. The molecule has 1 fully saturated rings. The second-order valence-electron chi connectivity index (χ2n) is 5.48. The summed E-state index contributed by atoms with van der Waals surface area (Å²) < 4.78 is 33.9. The van der Waals surface area contributed by atoms with E-state index >= 15 is 0 Å². The molecule has 0 radical (unpaired) electrons. The van der Waals surface area contributed by atoms with Gasteiger partial charge in [0.25, 0.3) is 0 Å². The SMILES string of the molecule is CNC(=O)C1(COC)CCCN1S(=O)(=O)c1cn(C)nc1C. The number of rotatable bonds is 5. The minimum Gasteiger partial charge on any atom is -0.382 e. The van der Waals surface area contributed by atoms with Crippen molar-refractivity contribution in [3.63, 3.8) is 0 Å². The number of aromatic nitrogens is 2. The molecule has 2 rings (SSSR count). The molecule has 2 heterocycles. The lowest BCUT2D eigenvalue weighted by Crippen LogP contribution is -2.59. The Labute approximate surface area is 130 Å². The molecule has 0 saturated carbocycles. The molecule has 1 aliphatic rings. The highest BCUT2D eigenvalue weighted by Gasteiger charge is 2.53. The highest BCUT2D eigenvalue weighted by molar-refractivity contribution is 7.89. The third-order valence-electron chi connectivity index (χ3n) is 4.00. The number of sulfonamides is 1. The minimum atomic E-state index is -3.82. The van der Waals surface area contributed by atoms with Crippen LogP contribution in [-0.2, 0) is 26.6 Å². The van der Waals surface area contributed by atoms with Crippen molar-refractivity contribution in [2.45, 2.75) is 30.2 Å². The van der Waals surface area contributed by atoms with Gasteiger partial charge in [0.1, 0.15) is 10.4 Å². The van der Waals surface area contributed by atoms with Crippen LogP contribution in [0.15, 0.2) is 11.1 Å². The van der Waals surface area contributed by atoms with E-state index in [0.717, 1.165) is 0 Å². The van der Waals surface area contributed by atoms with Crippen molar-refractivity contribution >= 4 is 15.9 Å². The van der Waals surface area contributed by atoms with E-state index < -0.39 is 15.6 Å². The van der Waals surface area contributed by atoms with E-state index in [2.05, 4.69) is 10.4 Å². The summed E-state index contributed by atoms with van der Waals surface area (Å²) in [4.78, 5) is 12.5. The molecule has 0 aromatic carbocycles. The normalized spacial score (nSPS) is 22.9. The molecule has 0 spiro atoms. The molecule has 0 aliphatic carbocycles. The lowest BCUT2D eigenvalue weighted by molar-refractivity contribution is -0.131. The van der Waals surface area contributed by atoms with E-state index in [9.17, 15) is 13.2 Å². The quantitative estimate of drug-likeness (QED) is 0.796. The number of carbonyl (C=O) groups excluding carboxylic acids is 1. The van der Waals surface area contributed by atoms with E-state index in [-0.39, 0.29) is 24.0 Å². The zero-order valence-corrected chi connectivity index (χ0v) is 14.1. The summed E-state index contributed by atoms with van der Waals surface area (Å²) in [6.07, 6.45) is 2.50. The number of methoxy groups -OCH3 is 1. The second kappa shape index (κ2) is 5.98. The predicted octanol–water partition coefficient (Wildman–Crippen LogP) is -0.356. The molecule has 1 unspecified atom stereocenters. The standard InChI is InChI=1S/C13H22N4O4S/c1-10-11(8-16(3)15-10)22(19,20)17-7-5-6-13(17,9-21-4)12(18)14-2/h8H,5-7,9H2,1-4H3,(H,14,18). The van der Waals surface area contributed by atoms with Crippen LogP contribution < -0.4 is 5.32 Å². The second-order valence-corrected chi connectivity index (χ2v) is 7.31. The zero-order valence-electron chi connectivity index (χ0n) is 13.3. The largest absolute Gasteiger partial charge is 0.382 e. The van der Waals surface area contributed by atoms with Crippen LogP contribution in [0.3, 0.4) is 0 Å². The molecule has 1 saturated heterocycles. The number of hydrogen-bond donors (Lipinski definition) is 1. The lowest BCUT2D eigenvalue weighted by Gasteiger charge is -2.35. The van der Waals surface area contributed by atoms with Gasteiger partial charge in [-0.15, -0.1) is 0 Å². The van der Waals surface area contributed by atoms with Gasteiger partial charge in [0.05, 0.1) is 12.3 Å². The van der Waals surface area contributed by atoms with E-state index in [0.29, 0.717) is 18.5 Å². The number of ether oxygens (including phenoxy) is 1. The molecule has 1 aromatic rings. The van der Waals surface area contributed by atoms with Crippen LogP contribution >= 0.6 is 0 Å². The number of carbonyl (C=O) groups is 1. The van der Waals surface area contributed by atoms with E-state index in [4.69, 9.17) is 4.74 Å². The van der Waals surface area contributed by atoms with E-state index in [1.807, 2.05) is 0 Å². The Morgan fingerprint density at radius 2 is 2.23 bits per heavy atom. The van der Waals surface area contributed by atoms with Crippen LogP contribution in [0, 0.1) is 6.92 Å². The number of aryl methyl sites for hydroxylation is 2. The Morgan fingerprint density at radius 3 is 2.73 bits per heavy atom. The molecular formula is C13H22N4O4S. The van der Waals surface area contributed by atoms with Gasteiger partial charge in [-0.25, -0.2) is 8.42 Å². The van der Waals surface area contributed by atoms with Crippen molar-refractivity contribution in [1.82, 2.24) is 19.4 Å². The minimum absolute atomic E-state index is 0.0191. The first kappa shape index (κ1) is 16.9. The summed E-state index contributed by atoms with van der Waals surface area (Å²) in [5.74, 6) is -0.350. The number of likely N-dealkylation sites (N-methyl/N-ethyl adjacent to an activating group) is 1. The molecule has 1 amide bonds. The van der Waals surface area contributed by atoms with Crippen LogP contribution in [0.5, 0.6) is 0 Å². The molecule has 124 valence electrons. The summed E-state index contributed by atoms with van der Waals surface area (Å²) in [5.41, 5.74) is -0.789. The lowest BCUT2D eigenvalue weighted by atomic mass is 9.97. The molecule has 1 aromatic heterocycles. The van der Waals surface area contributed by atoms with Gasteiger partial charge in [0.2, 0.25) is 15.9 Å². The Bertz CT molecular complexity index is 670. The van der Waals surface area contributed by atoms with Gasteiger partial charge in [0, 0.05) is 33.9 Å². The van der Waals surface area contributed by atoms with Crippen molar-refractivity contribution in [3.05, 3.63) is 11.9 Å². The molecule has 9 heteroatoms. The van der Waals surface area contributed by atoms with Crippen molar-refractivity contribution in [1.29, 1.82) is 0 Å². The highest BCUT2D eigenvalue weighted by atomic mass is 32.2. The van der Waals surface area contributed by atoms with Gasteiger partial charge in [-0.2, -0.15) is 9.40 Å². The third-order valence-corrected chi connectivity index (χ3v) is 6.07. The maximum Gasteiger partial charge on any atom is 0.247 e. The molecule has 22 heavy (non-hydrogen) atoms. The number of amides is 1. The fraction of sp³-hybridized carbons (Fsp3) is 0.692. The Kier molecular flexibility index (Phi) is 4.59. The van der Waals surface area contributed by atoms with Crippen molar-refractivity contribution in [2.24, 2.45) is 7.05 Å². The van der Waals surface area contributed by atoms with Crippen LogP contribution in [0.25, 0.3) is 0 Å². The third kappa shape index (κ3) is 2.53. The fourth-order valence-electron chi connectivity index (χ4n) is 3.06. The van der Waals surface area contributed by atoms with Crippen molar-refractivity contribution in [3.8, 4) is 0 Å².